The Kier molecular flexibility index (Phi) is 3.17. The molecule has 4 nitrogen and oxygen atoms in total. The number of carbonyl (C=O) groups is 2. The molecule has 0 aromatic heterocycles. The molecule has 2 saturated carbocycles. The lowest BCUT2D eigenvalue weighted by Crippen LogP contribution is -2.28. The molecule has 0 aliphatic heterocycles. The van der Waals surface area contributed by atoms with Gasteiger partial charge in [0.2, 0.25) is 0 Å². The summed E-state index contributed by atoms with van der Waals surface area (Å²) >= 11 is 0. The molecule has 0 saturated heterocycles. The van der Waals surface area contributed by atoms with E-state index in [2.05, 4.69) is 12.2 Å². The fourth-order valence-corrected chi connectivity index (χ4v) is 4.25. The van der Waals surface area contributed by atoms with E-state index in [0.717, 1.165) is 30.4 Å². The maximum absolute atomic E-state index is 11.4. The highest BCUT2D eigenvalue weighted by molar-refractivity contribution is 5.90. The summed E-state index contributed by atoms with van der Waals surface area (Å²) in [6.07, 6.45) is 10.1. The van der Waals surface area contributed by atoms with E-state index >= 15 is 0 Å². The minimum absolute atomic E-state index is 0.432. The van der Waals surface area contributed by atoms with Crippen molar-refractivity contribution in [3.63, 3.8) is 0 Å². The quantitative estimate of drug-likeness (QED) is 0.478. The van der Waals surface area contributed by atoms with Crippen LogP contribution >= 0.6 is 0 Å². The summed E-state index contributed by atoms with van der Waals surface area (Å²) in [5, 5.41) is 8.43. The zero-order valence-electron chi connectivity index (χ0n) is 10.7. The molecule has 0 heterocycles. The van der Waals surface area contributed by atoms with Gasteiger partial charge in [0.25, 0.3) is 0 Å². The number of hydrogen-bond donors (Lipinski definition) is 1. The summed E-state index contributed by atoms with van der Waals surface area (Å²) in [6.45, 7) is 0.432. The lowest BCUT2D eigenvalue weighted by molar-refractivity contribution is -0.140. The molecule has 2 bridgehead atoms. The number of carbonyl (C=O) groups excluding carboxylic acids is 1. The van der Waals surface area contributed by atoms with Crippen molar-refractivity contribution < 1.29 is 19.4 Å². The van der Waals surface area contributed by atoms with Crippen LogP contribution in [-0.4, -0.2) is 23.7 Å². The molecular formula is C15H18O4. The molecule has 0 amide bonds. The van der Waals surface area contributed by atoms with Gasteiger partial charge < -0.3 is 9.84 Å². The van der Waals surface area contributed by atoms with Gasteiger partial charge in [0.05, 0.1) is 6.61 Å². The van der Waals surface area contributed by atoms with Gasteiger partial charge in [-0.25, -0.2) is 9.59 Å². The number of hydrogen-bond acceptors (Lipinski definition) is 3. The molecule has 2 fully saturated rings. The van der Waals surface area contributed by atoms with Crippen molar-refractivity contribution >= 4 is 11.9 Å². The Morgan fingerprint density at radius 2 is 2.11 bits per heavy atom. The van der Waals surface area contributed by atoms with Crippen LogP contribution in [0.15, 0.2) is 24.3 Å². The normalized spacial score (nSPS) is 38.8. The van der Waals surface area contributed by atoms with Gasteiger partial charge in [-0.05, 0) is 48.9 Å². The van der Waals surface area contributed by atoms with Gasteiger partial charge in [-0.2, -0.15) is 0 Å². The van der Waals surface area contributed by atoms with Crippen LogP contribution in [0.2, 0.25) is 0 Å². The molecule has 0 spiro atoms. The smallest absolute Gasteiger partial charge is 0.331 e. The van der Waals surface area contributed by atoms with Crippen molar-refractivity contribution in [2.24, 2.45) is 29.6 Å². The van der Waals surface area contributed by atoms with Crippen LogP contribution in [0.4, 0.5) is 0 Å². The van der Waals surface area contributed by atoms with Crippen molar-refractivity contribution in [1.82, 2.24) is 0 Å². The van der Waals surface area contributed by atoms with Crippen LogP contribution in [0.1, 0.15) is 19.3 Å². The number of fused-ring (bicyclic) bond motifs is 5. The minimum atomic E-state index is -1.13. The standard InChI is InChI=1S/C15H18O4/c16-14(17)4-5-15(18)19-8-10-6-9-7-13(10)12-3-1-2-11(9)12/h1,3-5,9-13H,2,6-8H2,(H,16,17)/b5-4-. The van der Waals surface area contributed by atoms with E-state index in [1.165, 1.54) is 12.8 Å². The average molecular weight is 262 g/mol. The van der Waals surface area contributed by atoms with Crippen molar-refractivity contribution in [2.75, 3.05) is 6.61 Å². The highest BCUT2D eigenvalue weighted by atomic mass is 16.5. The van der Waals surface area contributed by atoms with E-state index in [0.29, 0.717) is 24.4 Å². The minimum Gasteiger partial charge on any atom is -0.478 e. The topological polar surface area (TPSA) is 63.6 Å². The van der Waals surface area contributed by atoms with Crippen molar-refractivity contribution in [2.45, 2.75) is 19.3 Å². The predicted molar refractivity (Wildman–Crippen MR) is 68.2 cm³/mol. The second-order valence-electron chi connectivity index (χ2n) is 5.86. The van der Waals surface area contributed by atoms with Crippen molar-refractivity contribution in [3.8, 4) is 0 Å². The number of carboxylic acids is 1. The first kappa shape index (κ1) is 12.5. The summed E-state index contributed by atoms with van der Waals surface area (Å²) < 4.78 is 5.16. The Hall–Kier alpha value is -1.58. The van der Waals surface area contributed by atoms with Gasteiger partial charge in [0.1, 0.15) is 0 Å². The third kappa shape index (κ3) is 2.31. The molecule has 0 radical (unpaired) electrons. The van der Waals surface area contributed by atoms with Gasteiger partial charge >= 0.3 is 11.9 Å². The maximum atomic E-state index is 11.4. The summed E-state index contributed by atoms with van der Waals surface area (Å²) in [7, 11) is 0. The van der Waals surface area contributed by atoms with Crippen LogP contribution in [0.5, 0.6) is 0 Å². The van der Waals surface area contributed by atoms with E-state index in [1.54, 1.807) is 0 Å². The number of carboxylic acid groups (broad SMARTS) is 1. The fourth-order valence-electron chi connectivity index (χ4n) is 4.25. The van der Waals surface area contributed by atoms with E-state index < -0.39 is 11.9 Å². The fraction of sp³-hybridized carbons (Fsp3) is 0.600. The lowest BCUT2D eigenvalue weighted by Gasteiger charge is -2.30. The molecule has 1 N–H and O–H groups in total. The number of rotatable bonds is 4. The van der Waals surface area contributed by atoms with Crippen LogP contribution in [0, 0.1) is 29.6 Å². The van der Waals surface area contributed by atoms with Gasteiger partial charge in [-0.3, -0.25) is 0 Å². The second-order valence-corrected chi connectivity index (χ2v) is 5.86. The molecule has 5 atom stereocenters. The number of ether oxygens (including phenoxy) is 1. The number of allylic oxidation sites excluding steroid dienone is 2. The van der Waals surface area contributed by atoms with Gasteiger partial charge in [-0.15, -0.1) is 0 Å². The van der Waals surface area contributed by atoms with Gasteiger partial charge in [0.15, 0.2) is 0 Å². The molecule has 3 aliphatic rings. The summed E-state index contributed by atoms with van der Waals surface area (Å²) in [4.78, 5) is 21.6. The molecule has 3 aliphatic carbocycles. The second kappa shape index (κ2) is 4.83. The van der Waals surface area contributed by atoms with E-state index in [-0.39, 0.29) is 0 Å². The predicted octanol–water partition coefficient (Wildman–Crippen LogP) is 2.02. The Bertz CT molecular complexity index is 451. The molecule has 19 heavy (non-hydrogen) atoms. The van der Waals surface area contributed by atoms with Gasteiger partial charge in [0, 0.05) is 12.2 Å². The van der Waals surface area contributed by atoms with Crippen LogP contribution in [0.25, 0.3) is 0 Å². The monoisotopic (exact) mass is 262 g/mol. The summed E-state index contributed by atoms with van der Waals surface area (Å²) in [5.41, 5.74) is 0. The van der Waals surface area contributed by atoms with E-state index in [9.17, 15) is 9.59 Å². The molecular weight excluding hydrogens is 244 g/mol. The van der Waals surface area contributed by atoms with Crippen molar-refractivity contribution in [3.05, 3.63) is 24.3 Å². The Balaban J connectivity index is 1.51. The summed E-state index contributed by atoms with van der Waals surface area (Å²) in [5.74, 6) is 1.75. The van der Waals surface area contributed by atoms with E-state index in [1.807, 2.05) is 0 Å². The van der Waals surface area contributed by atoms with E-state index in [4.69, 9.17) is 9.84 Å². The molecule has 3 rings (SSSR count). The largest absolute Gasteiger partial charge is 0.478 e. The molecule has 102 valence electrons. The molecule has 5 unspecified atom stereocenters. The van der Waals surface area contributed by atoms with Crippen molar-refractivity contribution in [1.29, 1.82) is 0 Å². The highest BCUT2D eigenvalue weighted by Gasteiger charge is 2.52. The van der Waals surface area contributed by atoms with Gasteiger partial charge in [-0.1, -0.05) is 12.2 Å². The lowest BCUT2D eigenvalue weighted by atomic mass is 9.76. The molecule has 4 heteroatoms. The first-order valence-electron chi connectivity index (χ1n) is 6.89. The zero-order chi connectivity index (χ0) is 13.4. The third-order valence-corrected chi connectivity index (χ3v) is 4.95. The summed E-state index contributed by atoms with van der Waals surface area (Å²) in [6, 6.07) is 0. The van der Waals surface area contributed by atoms with Crippen LogP contribution in [-0.2, 0) is 14.3 Å². The van der Waals surface area contributed by atoms with Crippen LogP contribution in [0.3, 0.4) is 0 Å². The maximum Gasteiger partial charge on any atom is 0.331 e. The Morgan fingerprint density at radius 1 is 1.26 bits per heavy atom. The van der Waals surface area contributed by atoms with Crippen LogP contribution < -0.4 is 0 Å². The molecule has 0 aromatic carbocycles. The zero-order valence-corrected chi connectivity index (χ0v) is 10.7. The number of esters is 1. The third-order valence-electron chi connectivity index (χ3n) is 4.95. The average Bonchev–Trinajstić information content (AvgIpc) is 3.04. The Labute approximate surface area is 112 Å². The SMILES string of the molecule is O=C(O)/C=C\C(=O)OCC1CC2CC1C1C=CCC21. The first-order chi connectivity index (χ1) is 9.15. The Morgan fingerprint density at radius 3 is 2.89 bits per heavy atom. The molecule has 0 aromatic rings. The highest BCUT2D eigenvalue weighted by Crippen LogP contribution is 2.58. The first-order valence-corrected chi connectivity index (χ1v) is 6.89. The number of aliphatic carboxylic acids is 1.